The van der Waals surface area contributed by atoms with Crippen LogP contribution in [-0.4, -0.2) is 7.05 Å². The molecule has 0 aromatic heterocycles. The largest absolute Gasteiger partial charge is 0.417 e. The Bertz CT molecular complexity index is 79.3. The molecular weight excluding hydrogens is 126 g/mol. The molecule has 62 valence electrons. The molecule has 0 spiro atoms. The molecule has 0 heterocycles. The third-order valence-electron chi connectivity index (χ3n) is 0.936. The van der Waals surface area contributed by atoms with E-state index in [1.54, 1.807) is 13.3 Å². The van der Waals surface area contributed by atoms with Crippen LogP contribution >= 0.6 is 0 Å². The van der Waals surface area contributed by atoms with Gasteiger partial charge in [0.25, 0.3) is 0 Å². The number of hydrogen-bond donors (Lipinski definition) is 1. The number of nitrogens with one attached hydrogen (secondary N) is 1. The van der Waals surface area contributed by atoms with E-state index >= 15 is 0 Å². The summed E-state index contributed by atoms with van der Waals surface area (Å²) in [6, 6.07) is 0. The van der Waals surface area contributed by atoms with Crippen LogP contribution in [-0.2, 0) is 4.84 Å². The predicted molar refractivity (Wildman–Crippen MR) is 45.5 cm³/mol. The fourth-order valence-corrected chi connectivity index (χ4v) is 0.243. The summed E-state index contributed by atoms with van der Waals surface area (Å²) in [5.74, 6) is 0. The summed E-state index contributed by atoms with van der Waals surface area (Å²) in [6.45, 7) is 8.11. The molecule has 0 aliphatic carbocycles. The average Bonchev–Trinajstić information content (AvgIpc) is 2.04. The molecule has 0 rings (SSSR count). The van der Waals surface area contributed by atoms with E-state index < -0.39 is 0 Å². The molecule has 2 nitrogen and oxygen atoms in total. The van der Waals surface area contributed by atoms with Crippen molar-refractivity contribution < 1.29 is 4.84 Å². The van der Waals surface area contributed by atoms with Gasteiger partial charge in [0.2, 0.25) is 0 Å². The standard InChI is InChI=1S/C6H13NO.C2H6/c1-4-6(2)5-8-7-3;1-2/h5,7H,4H2,1-3H3;1-2H3/b6-5-;. The van der Waals surface area contributed by atoms with Crippen LogP contribution in [0.2, 0.25) is 0 Å². The van der Waals surface area contributed by atoms with Gasteiger partial charge >= 0.3 is 0 Å². The summed E-state index contributed by atoms with van der Waals surface area (Å²) in [4.78, 5) is 4.77. The minimum atomic E-state index is 1.04. The number of hydroxylamine groups is 1. The highest BCUT2D eigenvalue weighted by molar-refractivity contribution is 4.90. The fraction of sp³-hybridized carbons (Fsp3) is 0.750. The maximum atomic E-state index is 4.77. The lowest BCUT2D eigenvalue weighted by atomic mass is 10.3. The quantitative estimate of drug-likeness (QED) is 0.486. The van der Waals surface area contributed by atoms with Gasteiger partial charge in [0.15, 0.2) is 0 Å². The van der Waals surface area contributed by atoms with E-state index in [-0.39, 0.29) is 0 Å². The maximum Gasteiger partial charge on any atom is 0.110 e. The summed E-state index contributed by atoms with van der Waals surface area (Å²) in [5.41, 5.74) is 3.79. The Morgan fingerprint density at radius 2 is 2.00 bits per heavy atom. The summed E-state index contributed by atoms with van der Waals surface area (Å²) in [5, 5.41) is 0. The van der Waals surface area contributed by atoms with E-state index in [0.717, 1.165) is 6.42 Å². The van der Waals surface area contributed by atoms with Gasteiger partial charge in [0.1, 0.15) is 6.26 Å². The Labute approximate surface area is 64.2 Å². The van der Waals surface area contributed by atoms with Gasteiger partial charge < -0.3 is 4.84 Å². The first-order valence-corrected chi connectivity index (χ1v) is 3.79. The van der Waals surface area contributed by atoms with Crippen molar-refractivity contribution in [1.29, 1.82) is 0 Å². The van der Waals surface area contributed by atoms with Crippen LogP contribution < -0.4 is 5.48 Å². The Balaban J connectivity index is 0. The third kappa shape index (κ3) is 10.5. The zero-order chi connectivity index (χ0) is 8.41. The van der Waals surface area contributed by atoms with Gasteiger partial charge in [-0.3, -0.25) is 0 Å². The first-order valence-electron chi connectivity index (χ1n) is 3.79. The van der Waals surface area contributed by atoms with Gasteiger partial charge in [-0.15, -0.1) is 0 Å². The van der Waals surface area contributed by atoms with Gasteiger partial charge in [-0.2, -0.15) is 5.48 Å². The van der Waals surface area contributed by atoms with Crippen molar-refractivity contribution in [3.8, 4) is 0 Å². The van der Waals surface area contributed by atoms with Crippen LogP contribution in [0.25, 0.3) is 0 Å². The second-order valence-electron chi connectivity index (χ2n) is 1.64. The van der Waals surface area contributed by atoms with Crippen LogP contribution in [0.1, 0.15) is 34.1 Å². The fourth-order valence-electron chi connectivity index (χ4n) is 0.243. The summed E-state index contributed by atoms with van der Waals surface area (Å²) in [6.07, 6.45) is 2.75. The van der Waals surface area contributed by atoms with Gasteiger partial charge in [0.05, 0.1) is 0 Å². The lowest BCUT2D eigenvalue weighted by molar-refractivity contribution is 0.156. The van der Waals surface area contributed by atoms with Crippen molar-refractivity contribution in [1.82, 2.24) is 5.48 Å². The van der Waals surface area contributed by atoms with E-state index in [4.69, 9.17) is 4.84 Å². The highest BCUT2D eigenvalue weighted by Gasteiger charge is 1.79. The van der Waals surface area contributed by atoms with Gasteiger partial charge in [-0.1, -0.05) is 20.8 Å². The molecular formula is C8H19NO. The van der Waals surface area contributed by atoms with Crippen molar-refractivity contribution >= 4 is 0 Å². The molecule has 0 aliphatic rings. The van der Waals surface area contributed by atoms with Crippen LogP contribution in [0.4, 0.5) is 0 Å². The molecule has 0 fully saturated rings. The average molecular weight is 145 g/mol. The molecule has 0 bridgehead atoms. The molecule has 1 N–H and O–H groups in total. The maximum absolute atomic E-state index is 4.77. The van der Waals surface area contributed by atoms with E-state index in [0.29, 0.717) is 0 Å². The van der Waals surface area contributed by atoms with Crippen LogP contribution in [0, 0.1) is 0 Å². The number of hydrogen-bond acceptors (Lipinski definition) is 2. The van der Waals surface area contributed by atoms with Crippen LogP contribution in [0.15, 0.2) is 11.8 Å². The highest BCUT2D eigenvalue weighted by atomic mass is 16.6. The summed E-state index contributed by atoms with van der Waals surface area (Å²) >= 11 is 0. The first kappa shape index (κ1) is 12.2. The van der Waals surface area contributed by atoms with Crippen LogP contribution in [0.5, 0.6) is 0 Å². The molecule has 2 heteroatoms. The van der Waals surface area contributed by atoms with Gasteiger partial charge in [0, 0.05) is 7.05 Å². The lowest BCUT2D eigenvalue weighted by Crippen LogP contribution is -2.00. The monoisotopic (exact) mass is 145 g/mol. The molecule has 0 saturated heterocycles. The summed E-state index contributed by atoms with van der Waals surface area (Å²) < 4.78 is 0. The summed E-state index contributed by atoms with van der Waals surface area (Å²) in [7, 11) is 1.74. The van der Waals surface area contributed by atoms with Crippen molar-refractivity contribution in [3.05, 3.63) is 11.8 Å². The van der Waals surface area contributed by atoms with E-state index in [1.807, 2.05) is 20.8 Å². The third-order valence-corrected chi connectivity index (χ3v) is 0.936. The highest BCUT2D eigenvalue weighted by Crippen LogP contribution is 1.95. The zero-order valence-electron chi connectivity index (χ0n) is 7.69. The lowest BCUT2D eigenvalue weighted by Gasteiger charge is -1.95. The normalized spacial score (nSPS) is 9.90. The van der Waals surface area contributed by atoms with Crippen molar-refractivity contribution in [3.63, 3.8) is 0 Å². The van der Waals surface area contributed by atoms with Crippen molar-refractivity contribution in [2.24, 2.45) is 0 Å². The molecule has 0 amide bonds. The topological polar surface area (TPSA) is 21.3 Å². The Morgan fingerprint density at radius 1 is 1.50 bits per heavy atom. The molecule has 0 atom stereocenters. The molecule has 0 aromatic rings. The van der Waals surface area contributed by atoms with E-state index in [1.165, 1.54) is 5.57 Å². The molecule has 10 heavy (non-hydrogen) atoms. The van der Waals surface area contributed by atoms with Crippen molar-refractivity contribution in [2.45, 2.75) is 34.1 Å². The molecule has 0 unspecified atom stereocenters. The molecule has 0 aliphatic heterocycles. The minimum absolute atomic E-state index is 1.04. The minimum Gasteiger partial charge on any atom is -0.417 e. The Hall–Kier alpha value is -0.500. The van der Waals surface area contributed by atoms with E-state index in [9.17, 15) is 0 Å². The SMILES string of the molecule is CC.CC/C(C)=C\ONC. The number of rotatable bonds is 3. The Morgan fingerprint density at radius 3 is 2.30 bits per heavy atom. The Kier molecular flexibility index (Phi) is 13.8. The van der Waals surface area contributed by atoms with E-state index in [2.05, 4.69) is 12.4 Å². The van der Waals surface area contributed by atoms with Crippen LogP contribution in [0.3, 0.4) is 0 Å². The second-order valence-corrected chi connectivity index (χ2v) is 1.64. The molecule has 0 saturated carbocycles. The van der Waals surface area contributed by atoms with Gasteiger partial charge in [-0.25, -0.2) is 0 Å². The second kappa shape index (κ2) is 11.3. The first-order chi connectivity index (χ1) is 4.81. The molecule has 0 radical (unpaired) electrons. The van der Waals surface area contributed by atoms with Crippen molar-refractivity contribution in [2.75, 3.05) is 7.05 Å². The van der Waals surface area contributed by atoms with Gasteiger partial charge in [-0.05, 0) is 18.9 Å². The number of allylic oxidation sites excluding steroid dienone is 1. The smallest absolute Gasteiger partial charge is 0.110 e. The molecule has 0 aromatic carbocycles. The predicted octanol–water partition coefficient (Wildman–Crippen LogP) is 2.48. The zero-order valence-corrected chi connectivity index (χ0v) is 7.69.